The average Bonchev–Trinajstić information content (AvgIpc) is 2.82. The van der Waals surface area contributed by atoms with Crippen molar-refractivity contribution in [2.24, 2.45) is 11.8 Å². The number of alkyl halides is 2. The molecule has 0 aromatic rings. The first-order valence-corrected chi connectivity index (χ1v) is 7.31. The molecule has 2 aliphatic carbocycles. The second-order valence-electron chi connectivity index (χ2n) is 5.36. The highest BCUT2D eigenvalue weighted by Crippen LogP contribution is 2.59. The van der Waals surface area contributed by atoms with Crippen molar-refractivity contribution in [2.75, 3.05) is 0 Å². The van der Waals surface area contributed by atoms with Crippen molar-refractivity contribution in [3.05, 3.63) is 0 Å². The van der Waals surface area contributed by atoms with E-state index in [4.69, 9.17) is 9.29 Å². The maximum absolute atomic E-state index is 13.2. The molecule has 1 N–H and O–H groups in total. The molecule has 7 nitrogen and oxygen atoms in total. The lowest BCUT2D eigenvalue weighted by molar-refractivity contribution is -0.183. The summed E-state index contributed by atoms with van der Waals surface area (Å²) in [5.74, 6) is -3.83. The normalized spacial score (nSPS) is 39.0. The summed E-state index contributed by atoms with van der Waals surface area (Å²) in [6, 6.07) is 0. The standard InChI is InChI=1S/C10H10F2O7S/c11-10(12,20(15,16)17)8(14)19-9-3-4-1-5(9)7(13)18-6(9)2-4/h4-6H,1-3H2,(H,15,16,17). The minimum absolute atomic E-state index is 0.0172. The van der Waals surface area contributed by atoms with Gasteiger partial charge in [-0.3, -0.25) is 9.35 Å². The summed E-state index contributed by atoms with van der Waals surface area (Å²) in [4.78, 5) is 23.0. The summed E-state index contributed by atoms with van der Waals surface area (Å²) in [6.45, 7) is 0. The minimum Gasteiger partial charge on any atom is -0.458 e. The van der Waals surface area contributed by atoms with Crippen LogP contribution in [0.3, 0.4) is 0 Å². The van der Waals surface area contributed by atoms with Crippen LogP contribution in [0.25, 0.3) is 0 Å². The molecule has 4 atom stereocenters. The van der Waals surface area contributed by atoms with E-state index in [9.17, 15) is 26.8 Å². The first-order chi connectivity index (χ1) is 9.08. The van der Waals surface area contributed by atoms with Crippen LogP contribution in [-0.4, -0.2) is 41.9 Å². The molecule has 112 valence electrons. The summed E-state index contributed by atoms with van der Waals surface area (Å²) in [5.41, 5.74) is -1.52. The molecule has 0 amide bonds. The molecule has 4 unspecified atom stereocenters. The van der Waals surface area contributed by atoms with E-state index in [1.165, 1.54) is 0 Å². The number of esters is 2. The van der Waals surface area contributed by atoms with Crippen LogP contribution in [0, 0.1) is 11.8 Å². The molecule has 3 fully saturated rings. The zero-order valence-electron chi connectivity index (χ0n) is 9.91. The Kier molecular flexibility index (Phi) is 2.51. The number of carbonyl (C=O) groups is 2. The van der Waals surface area contributed by atoms with Gasteiger partial charge in [-0.05, 0) is 25.2 Å². The first-order valence-electron chi connectivity index (χ1n) is 5.87. The van der Waals surface area contributed by atoms with Crippen molar-refractivity contribution in [1.29, 1.82) is 0 Å². The molecule has 0 radical (unpaired) electrons. The second kappa shape index (κ2) is 3.67. The van der Waals surface area contributed by atoms with Crippen LogP contribution in [0.15, 0.2) is 0 Å². The molecule has 2 saturated carbocycles. The zero-order valence-corrected chi connectivity index (χ0v) is 10.7. The van der Waals surface area contributed by atoms with Crippen LogP contribution in [0.4, 0.5) is 8.78 Å². The molecule has 0 aromatic carbocycles. The van der Waals surface area contributed by atoms with Crippen molar-refractivity contribution in [2.45, 2.75) is 36.2 Å². The van der Waals surface area contributed by atoms with Gasteiger partial charge in [-0.25, -0.2) is 4.79 Å². The van der Waals surface area contributed by atoms with Crippen LogP contribution in [0.2, 0.25) is 0 Å². The van der Waals surface area contributed by atoms with Gasteiger partial charge in [0.05, 0.1) is 0 Å². The Balaban J connectivity index is 1.89. The third-order valence-corrected chi connectivity index (χ3v) is 5.06. The third kappa shape index (κ3) is 1.54. The maximum atomic E-state index is 13.2. The van der Waals surface area contributed by atoms with Crippen molar-refractivity contribution < 1.29 is 40.8 Å². The van der Waals surface area contributed by atoms with E-state index in [0.717, 1.165) is 0 Å². The Morgan fingerprint density at radius 3 is 2.65 bits per heavy atom. The molecule has 20 heavy (non-hydrogen) atoms. The smallest absolute Gasteiger partial charge is 0.458 e. The molecular weight excluding hydrogens is 302 g/mol. The summed E-state index contributed by atoms with van der Waals surface area (Å²) >= 11 is 0. The van der Waals surface area contributed by atoms with Crippen molar-refractivity contribution in [3.63, 3.8) is 0 Å². The van der Waals surface area contributed by atoms with Gasteiger partial charge in [0, 0.05) is 0 Å². The van der Waals surface area contributed by atoms with Gasteiger partial charge >= 0.3 is 27.3 Å². The van der Waals surface area contributed by atoms with Gasteiger partial charge < -0.3 is 9.47 Å². The molecule has 0 aromatic heterocycles. The highest BCUT2D eigenvalue weighted by atomic mass is 32.2. The van der Waals surface area contributed by atoms with Gasteiger partial charge in [0.1, 0.15) is 12.0 Å². The molecule has 3 aliphatic rings. The van der Waals surface area contributed by atoms with E-state index >= 15 is 0 Å². The highest BCUT2D eigenvalue weighted by molar-refractivity contribution is 7.87. The Hall–Kier alpha value is -1.29. The van der Waals surface area contributed by atoms with E-state index in [2.05, 4.69) is 4.74 Å². The fourth-order valence-electron chi connectivity index (χ4n) is 3.43. The molecule has 1 saturated heterocycles. The van der Waals surface area contributed by atoms with Crippen LogP contribution in [-0.2, 0) is 29.2 Å². The molecule has 10 heteroatoms. The number of hydrogen-bond donors (Lipinski definition) is 1. The van der Waals surface area contributed by atoms with Gasteiger partial charge in [-0.15, -0.1) is 0 Å². The maximum Gasteiger partial charge on any atom is 0.465 e. The number of fused-ring (bicyclic) bond motifs is 1. The number of rotatable bonds is 3. The molecule has 2 bridgehead atoms. The van der Waals surface area contributed by atoms with Gasteiger partial charge in [-0.1, -0.05) is 0 Å². The molecule has 1 aliphatic heterocycles. The lowest BCUT2D eigenvalue weighted by atomic mass is 9.86. The quantitative estimate of drug-likeness (QED) is 0.582. The largest absolute Gasteiger partial charge is 0.465 e. The molecule has 0 spiro atoms. The third-order valence-electron chi connectivity index (χ3n) is 4.25. The van der Waals surface area contributed by atoms with Crippen molar-refractivity contribution in [3.8, 4) is 0 Å². The predicted molar refractivity (Wildman–Crippen MR) is 56.0 cm³/mol. The summed E-state index contributed by atoms with van der Waals surface area (Å²) < 4.78 is 65.5. The van der Waals surface area contributed by atoms with Gasteiger partial charge in [-0.2, -0.15) is 17.2 Å². The van der Waals surface area contributed by atoms with Crippen LogP contribution < -0.4 is 0 Å². The topological polar surface area (TPSA) is 107 Å². The zero-order chi connectivity index (χ0) is 14.9. The van der Waals surface area contributed by atoms with Crippen molar-refractivity contribution in [1.82, 2.24) is 0 Å². The first kappa shape index (κ1) is 13.7. The summed E-state index contributed by atoms with van der Waals surface area (Å²) in [6.07, 6.45) is 0.119. The van der Waals surface area contributed by atoms with Crippen molar-refractivity contribution >= 4 is 22.1 Å². The predicted octanol–water partition coefficient (Wildman–Crippen LogP) is 0.104. The Labute approximate surface area is 112 Å². The van der Waals surface area contributed by atoms with E-state index in [0.29, 0.717) is 12.8 Å². The van der Waals surface area contributed by atoms with Gasteiger partial charge in [0.2, 0.25) is 0 Å². The Morgan fingerprint density at radius 1 is 1.45 bits per heavy atom. The Morgan fingerprint density at radius 2 is 2.10 bits per heavy atom. The van der Waals surface area contributed by atoms with Crippen LogP contribution >= 0.6 is 0 Å². The van der Waals surface area contributed by atoms with E-state index in [-0.39, 0.29) is 12.3 Å². The molecule has 3 rings (SSSR count). The second-order valence-corrected chi connectivity index (χ2v) is 6.82. The van der Waals surface area contributed by atoms with Gasteiger partial charge in [0.15, 0.2) is 5.60 Å². The van der Waals surface area contributed by atoms with Crippen LogP contribution in [0.1, 0.15) is 19.3 Å². The monoisotopic (exact) mass is 312 g/mol. The van der Waals surface area contributed by atoms with E-state index < -0.39 is 44.9 Å². The summed E-state index contributed by atoms with van der Waals surface area (Å²) in [5, 5.41) is -5.06. The lowest BCUT2D eigenvalue weighted by Gasteiger charge is -2.30. The minimum atomic E-state index is -5.93. The lowest BCUT2D eigenvalue weighted by Crippen LogP contribution is -2.49. The molecular formula is C10H10F2O7S. The fourth-order valence-corrected chi connectivity index (χ4v) is 3.68. The Bertz CT molecular complexity index is 601. The number of ether oxygens (including phenoxy) is 2. The van der Waals surface area contributed by atoms with Crippen LogP contribution in [0.5, 0.6) is 0 Å². The highest BCUT2D eigenvalue weighted by Gasteiger charge is 2.71. The average molecular weight is 312 g/mol. The van der Waals surface area contributed by atoms with E-state index in [1.54, 1.807) is 0 Å². The number of carbonyl (C=O) groups excluding carboxylic acids is 2. The summed E-state index contributed by atoms with van der Waals surface area (Å²) in [7, 11) is -5.93. The number of halogens is 2. The molecule has 1 heterocycles. The van der Waals surface area contributed by atoms with Gasteiger partial charge in [0.25, 0.3) is 0 Å². The SMILES string of the molecule is O=C1OC2CC3CC1C2(OC(=O)C(F)(F)S(=O)(=O)O)C3. The fraction of sp³-hybridized carbons (Fsp3) is 0.800. The number of hydrogen-bond acceptors (Lipinski definition) is 6. The van der Waals surface area contributed by atoms with E-state index in [1.807, 2.05) is 0 Å².